The summed E-state index contributed by atoms with van der Waals surface area (Å²) in [6.45, 7) is 16.2. The van der Waals surface area contributed by atoms with Crippen molar-refractivity contribution in [3.8, 4) is 0 Å². The number of hydroxylamine groups is 2. The van der Waals surface area contributed by atoms with Crippen LogP contribution in [0.25, 0.3) is 0 Å². The zero-order valence-corrected chi connectivity index (χ0v) is 11.7. The van der Waals surface area contributed by atoms with Crippen LogP contribution in [0.5, 0.6) is 0 Å². The molecule has 0 bridgehead atoms. The van der Waals surface area contributed by atoms with E-state index in [1.807, 2.05) is 24.3 Å². The van der Waals surface area contributed by atoms with Crippen molar-refractivity contribution in [3.05, 3.63) is 55.8 Å². The van der Waals surface area contributed by atoms with E-state index in [2.05, 4.69) is 31.6 Å². The Kier molecular flexibility index (Phi) is 5.73. The summed E-state index contributed by atoms with van der Waals surface area (Å²) >= 11 is 0. The van der Waals surface area contributed by atoms with Gasteiger partial charge in [0.1, 0.15) is 0 Å². The maximum atomic E-state index is 12.1. The summed E-state index contributed by atoms with van der Waals surface area (Å²) in [5.74, 6) is 0. The minimum absolute atomic E-state index is 0.282. The average molecular weight is 261 g/mol. The second-order valence-electron chi connectivity index (χ2n) is 5.45. The first-order valence-electron chi connectivity index (χ1n) is 6.70. The van der Waals surface area contributed by atoms with Gasteiger partial charge in [0.05, 0.1) is 0 Å². The zero-order chi connectivity index (χ0) is 14.4. The molecule has 0 aromatic heterocycles. The Balaban J connectivity index is 3.06. The third kappa shape index (κ3) is 3.90. The van der Waals surface area contributed by atoms with Crippen LogP contribution in [0.2, 0.25) is 0 Å². The van der Waals surface area contributed by atoms with Crippen LogP contribution in [-0.2, 0) is 0 Å². The lowest BCUT2D eigenvalue weighted by Gasteiger charge is -2.56. The molecule has 106 valence electrons. The first kappa shape index (κ1) is 15.9. The molecule has 0 amide bonds. The summed E-state index contributed by atoms with van der Waals surface area (Å²) < 4.78 is 0. The van der Waals surface area contributed by atoms with E-state index in [-0.39, 0.29) is 11.1 Å². The Morgan fingerprint density at radius 1 is 0.842 bits per heavy atom. The topological polar surface area (TPSA) is 38.3 Å². The fourth-order valence-electron chi connectivity index (χ4n) is 3.11. The lowest BCUT2D eigenvalue weighted by atomic mass is 9.79. The van der Waals surface area contributed by atoms with Crippen molar-refractivity contribution in [2.75, 3.05) is 13.1 Å². The molecule has 0 atom stereocenters. The van der Waals surface area contributed by atoms with Gasteiger partial charge in [0.2, 0.25) is 0 Å². The van der Waals surface area contributed by atoms with E-state index in [0.717, 1.165) is 30.7 Å². The second kappa shape index (κ2) is 6.85. The highest BCUT2D eigenvalue weighted by Crippen LogP contribution is 2.32. The van der Waals surface area contributed by atoms with Crippen LogP contribution in [0.3, 0.4) is 0 Å². The molecule has 0 saturated carbocycles. The highest BCUT2D eigenvalue weighted by molar-refractivity contribution is 5.13. The SMILES string of the molecule is C=CCC1(CC=C)CN([O-])CC(CC=C)(CC=C)N1. The van der Waals surface area contributed by atoms with Gasteiger partial charge in [-0.05, 0) is 25.7 Å². The van der Waals surface area contributed by atoms with E-state index >= 15 is 0 Å². The van der Waals surface area contributed by atoms with Crippen LogP contribution in [0.4, 0.5) is 0 Å². The molecule has 3 heteroatoms. The molecule has 0 aromatic rings. The Labute approximate surface area is 117 Å². The highest BCUT2D eigenvalue weighted by atomic mass is 16.5. The largest absolute Gasteiger partial charge is 0.785 e. The van der Waals surface area contributed by atoms with Crippen molar-refractivity contribution < 1.29 is 0 Å². The molecule has 0 radical (unpaired) electrons. The van der Waals surface area contributed by atoms with E-state index in [4.69, 9.17) is 0 Å². The molecule has 1 N–H and O–H groups in total. The molecule has 1 aliphatic heterocycles. The van der Waals surface area contributed by atoms with Crippen LogP contribution < -0.4 is 5.32 Å². The number of nitrogens with one attached hydrogen (secondary N) is 1. The molecule has 3 nitrogen and oxygen atoms in total. The quantitative estimate of drug-likeness (QED) is 0.682. The van der Waals surface area contributed by atoms with Crippen molar-refractivity contribution in [3.63, 3.8) is 0 Å². The minimum Gasteiger partial charge on any atom is -0.785 e. The lowest BCUT2D eigenvalue weighted by molar-refractivity contribution is 0.0756. The van der Waals surface area contributed by atoms with Gasteiger partial charge >= 0.3 is 0 Å². The summed E-state index contributed by atoms with van der Waals surface area (Å²) in [6, 6.07) is 0. The maximum Gasteiger partial charge on any atom is 0.0373 e. The van der Waals surface area contributed by atoms with Gasteiger partial charge in [-0.2, -0.15) is 0 Å². The predicted octanol–water partition coefficient (Wildman–Crippen LogP) is 3.17. The molecule has 0 aliphatic carbocycles. The van der Waals surface area contributed by atoms with Gasteiger partial charge in [0, 0.05) is 24.2 Å². The summed E-state index contributed by atoms with van der Waals surface area (Å²) in [4.78, 5) is 0. The van der Waals surface area contributed by atoms with Gasteiger partial charge in [-0.25, -0.2) is 0 Å². The van der Waals surface area contributed by atoms with E-state index in [1.54, 1.807) is 0 Å². The molecule has 0 aromatic carbocycles. The normalized spacial score (nSPS) is 21.5. The van der Waals surface area contributed by atoms with E-state index in [9.17, 15) is 5.21 Å². The first-order valence-corrected chi connectivity index (χ1v) is 6.70. The van der Waals surface area contributed by atoms with Crippen LogP contribution in [0, 0.1) is 5.21 Å². The van der Waals surface area contributed by atoms with Crippen molar-refractivity contribution >= 4 is 0 Å². The summed E-state index contributed by atoms with van der Waals surface area (Å²) in [5, 5.41) is 17.0. The van der Waals surface area contributed by atoms with Crippen molar-refractivity contribution in [2.45, 2.75) is 36.8 Å². The van der Waals surface area contributed by atoms with Gasteiger partial charge in [0.25, 0.3) is 0 Å². The predicted molar refractivity (Wildman–Crippen MR) is 82.8 cm³/mol. The minimum atomic E-state index is -0.282. The lowest BCUT2D eigenvalue weighted by Crippen LogP contribution is -2.69. The van der Waals surface area contributed by atoms with Gasteiger partial charge in [-0.3, -0.25) is 0 Å². The fraction of sp³-hybridized carbons (Fsp3) is 0.500. The highest BCUT2D eigenvalue weighted by Gasteiger charge is 2.42. The number of hydrogen-bond donors (Lipinski definition) is 1. The zero-order valence-electron chi connectivity index (χ0n) is 11.7. The van der Waals surface area contributed by atoms with E-state index < -0.39 is 0 Å². The smallest absolute Gasteiger partial charge is 0.0373 e. The number of piperazine rings is 1. The average Bonchev–Trinajstić information content (AvgIpc) is 2.28. The molecule has 1 rings (SSSR count). The third-order valence-corrected chi connectivity index (χ3v) is 3.63. The Hall–Kier alpha value is -1.16. The molecule has 1 aliphatic rings. The molecule has 1 saturated heterocycles. The standard InChI is InChI=1S/C16H25N2O/c1-5-9-15(10-6-2)13-18(19)14-16(17-15,11-7-3)12-8-4/h5-8,17H,1-4,9-14H2/q-1. The van der Waals surface area contributed by atoms with Crippen molar-refractivity contribution in [1.29, 1.82) is 0 Å². The molecule has 0 spiro atoms. The Bertz CT molecular complexity index is 297. The second-order valence-corrected chi connectivity index (χ2v) is 5.45. The van der Waals surface area contributed by atoms with Crippen LogP contribution in [0.1, 0.15) is 25.7 Å². The first-order chi connectivity index (χ1) is 9.05. The fourth-order valence-corrected chi connectivity index (χ4v) is 3.11. The van der Waals surface area contributed by atoms with Crippen LogP contribution in [0.15, 0.2) is 50.6 Å². The van der Waals surface area contributed by atoms with Gasteiger partial charge in [-0.15, -0.1) is 26.3 Å². The van der Waals surface area contributed by atoms with E-state index in [1.165, 1.54) is 0 Å². The summed E-state index contributed by atoms with van der Waals surface area (Å²) in [5.41, 5.74) is -0.564. The molecular formula is C16H25N2O-. The molecule has 0 unspecified atom stereocenters. The van der Waals surface area contributed by atoms with Crippen LogP contribution in [-0.4, -0.2) is 29.2 Å². The van der Waals surface area contributed by atoms with Gasteiger partial charge in [-0.1, -0.05) is 24.3 Å². The molecular weight excluding hydrogens is 236 g/mol. The molecule has 1 heterocycles. The molecule has 1 fully saturated rings. The third-order valence-electron chi connectivity index (χ3n) is 3.63. The monoisotopic (exact) mass is 261 g/mol. The number of nitrogens with zero attached hydrogens (tertiary/aromatic N) is 1. The Morgan fingerprint density at radius 2 is 1.16 bits per heavy atom. The summed E-state index contributed by atoms with van der Waals surface area (Å²) in [7, 11) is 0. The molecule has 19 heavy (non-hydrogen) atoms. The van der Waals surface area contributed by atoms with Gasteiger partial charge < -0.3 is 15.6 Å². The van der Waals surface area contributed by atoms with Crippen LogP contribution >= 0.6 is 0 Å². The maximum absolute atomic E-state index is 12.1. The van der Waals surface area contributed by atoms with Crippen molar-refractivity contribution in [1.82, 2.24) is 10.4 Å². The Morgan fingerprint density at radius 3 is 1.42 bits per heavy atom. The summed E-state index contributed by atoms with van der Waals surface area (Å²) in [6.07, 6.45) is 10.4. The number of rotatable bonds is 8. The van der Waals surface area contributed by atoms with E-state index in [0.29, 0.717) is 13.1 Å². The van der Waals surface area contributed by atoms with Crippen molar-refractivity contribution in [2.24, 2.45) is 0 Å². The number of hydrogen-bond acceptors (Lipinski definition) is 3. The van der Waals surface area contributed by atoms with Gasteiger partial charge in [0.15, 0.2) is 0 Å².